The predicted octanol–water partition coefficient (Wildman–Crippen LogP) is 3.00. The van der Waals surface area contributed by atoms with Crippen LogP contribution >= 0.6 is 0 Å². The van der Waals surface area contributed by atoms with Gasteiger partial charge in [-0.3, -0.25) is 4.79 Å². The summed E-state index contributed by atoms with van der Waals surface area (Å²) < 4.78 is 14.7. The molecule has 0 aromatic heterocycles. The van der Waals surface area contributed by atoms with Gasteiger partial charge in [-0.15, -0.1) is 0 Å². The van der Waals surface area contributed by atoms with Gasteiger partial charge in [-0.25, -0.2) is 4.39 Å². The molecule has 0 amide bonds. The minimum atomic E-state index is -2.17. The summed E-state index contributed by atoms with van der Waals surface area (Å²) in [6.45, 7) is 3.98. The van der Waals surface area contributed by atoms with Crippen molar-refractivity contribution in [3.63, 3.8) is 0 Å². The summed E-state index contributed by atoms with van der Waals surface area (Å²) in [7, 11) is 0. The first-order chi connectivity index (χ1) is 10.7. The molecule has 0 spiro atoms. The molecule has 23 heavy (non-hydrogen) atoms. The Morgan fingerprint density at radius 2 is 2.00 bits per heavy atom. The normalized spacial score (nSPS) is 58.5. The summed E-state index contributed by atoms with van der Waals surface area (Å²) in [5.74, 6) is -1.29. The van der Waals surface area contributed by atoms with Gasteiger partial charge in [-0.05, 0) is 60.8 Å². The second kappa shape index (κ2) is 4.66. The average molecular weight is 322 g/mol. The van der Waals surface area contributed by atoms with Crippen molar-refractivity contribution in [1.82, 2.24) is 0 Å². The number of fused-ring (bicyclic) bond motifs is 5. The number of halogens is 1. The highest BCUT2D eigenvalue weighted by Gasteiger charge is 2.67. The van der Waals surface area contributed by atoms with Gasteiger partial charge in [0.25, 0.3) is 0 Å². The summed E-state index contributed by atoms with van der Waals surface area (Å²) in [6.07, 6.45) is 6.72. The van der Waals surface area contributed by atoms with Crippen molar-refractivity contribution in [1.29, 1.82) is 0 Å². The summed E-state index contributed by atoms with van der Waals surface area (Å²) in [6, 6.07) is 0. The van der Waals surface area contributed by atoms with Crippen LogP contribution in [-0.4, -0.2) is 28.0 Å². The molecular weight excluding hydrogens is 295 g/mol. The third kappa shape index (κ3) is 1.91. The topological polar surface area (TPSA) is 57.5 Å². The number of alkyl halides is 1. The molecule has 4 aliphatic rings. The quantitative estimate of drug-likeness (QED) is 0.721. The van der Waals surface area contributed by atoms with Crippen LogP contribution in [0.3, 0.4) is 0 Å². The lowest BCUT2D eigenvalue weighted by atomic mass is 9.45. The Labute approximate surface area is 137 Å². The maximum Gasteiger partial charge on any atom is 0.212 e. The van der Waals surface area contributed by atoms with E-state index in [4.69, 9.17) is 0 Å². The number of allylic oxidation sites excluding steroid dienone is 2. The van der Waals surface area contributed by atoms with Crippen LogP contribution in [0.4, 0.5) is 4.39 Å². The van der Waals surface area contributed by atoms with E-state index in [9.17, 15) is 19.4 Å². The Bertz CT molecular complexity index is 571. The van der Waals surface area contributed by atoms with Crippen molar-refractivity contribution in [2.75, 3.05) is 0 Å². The molecular formula is C19H27FO3. The molecule has 3 fully saturated rings. The SMILES string of the molecule is C[C@]12C=CC(=O)CC1CC[C@@H]1[C@H]2C(O)C[C@@]2(C)[C@H]1CCC2(O)F. The summed E-state index contributed by atoms with van der Waals surface area (Å²) in [5.41, 5.74) is -1.03. The Morgan fingerprint density at radius 1 is 1.26 bits per heavy atom. The van der Waals surface area contributed by atoms with Gasteiger partial charge in [-0.2, -0.15) is 0 Å². The van der Waals surface area contributed by atoms with Crippen molar-refractivity contribution >= 4 is 5.78 Å². The smallest absolute Gasteiger partial charge is 0.212 e. The lowest BCUT2D eigenvalue weighted by Gasteiger charge is -2.60. The first kappa shape index (κ1) is 15.8. The molecule has 3 saturated carbocycles. The van der Waals surface area contributed by atoms with E-state index in [1.807, 2.05) is 13.0 Å². The standard InChI is InChI=1S/C19H27FO3/c1-17-7-5-12(21)9-11(17)3-4-13-14-6-8-19(20,23)18(14,2)10-15(22)16(13)17/h5,7,11,13-16,22-23H,3-4,6,8-10H2,1-2H3/t11?,13-,14-,15?,16-,17-,18-,19?/m0/s1. The maximum atomic E-state index is 14.7. The van der Waals surface area contributed by atoms with Crippen LogP contribution < -0.4 is 0 Å². The lowest BCUT2D eigenvalue weighted by Crippen LogP contribution is -2.60. The predicted molar refractivity (Wildman–Crippen MR) is 84.1 cm³/mol. The third-order valence-corrected chi connectivity index (χ3v) is 8.03. The van der Waals surface area contributed by atoms with Crippen molar-refractivity contribution in [2.45, 2.75) is 64.3 Å². The number of hydrogen-bond donors (Lipinski definition) is 2. The van der Waals surface area contributed by atoms with E-state index < -0.39 is 17.4 Å². The molecule has 0 saturated heterocycles. The molecule has 0 heterocycles. The van der Waals surface area contributed by atoms with Gasteiger partial charge >= 0.3 is 0 Å². The van der Waals surface area contributed by atoms with Crippen LogP contribution in [0.1, 0.15) is 52.4 Å². The van der Waals surface area contributed by atoms with Gasteiger partial charge < -0.3 is 10.2 Å². The number of rotatable bonds is 0. The largest absolute Gasteiger partial charge is 0.393 e. The number of aliphatic hydroxyl groups excluding tert-OH is 1. The summed E-state index contributed by atoms with van der Waals surface area (Å²) in [5, 5.41) is 21.2. The molecule has 8 atom stereocenters. The number of aliphatic hydroxyl groups is 2. The zero-order valence-electron chi connectivity index (χ0n) is 14.0. The molecule has 0 bridgehead atoms. The molecule has 3 nitrogen and oxygen atoms in total. The third-order valence-electron chi connectivity index (χ3n) is 8.03. The molecule has 128 valence electrons. The molecule has 0 radical (unpaired) electrons. The van der Waals surface area contributed by atoms with Gasteiger partial charge in [0, 0.05) is 18.3 Å². The molecule has 0 aliphatic heterocycles. The second-order valence-electron chi connectivity index (χ2n) is 8.93. The average Bonchev–Trinajstić information content (AvgIpc) is 2.69. The number of ketones is 1. The van der Waals surface area contributed by atoms with Crippen LogP contribution in [0.15, 0.2) is 12.2 Å². The van der Waals surface area contributed by atoms with E-state index in [0.29, 0.717) is 19.3 Å². The van der Waals surface area contributed by atoms with E-state index in [0.717, 1.165) is 12.8 Å². The monoisotopic (exact) mass is 322 g/mol. The minimum Gasteiger partial charge on any atom is -0.393 e. The first-order valence-corrected chi connectivity index (χ1v) is 9.00. The van der Waals surface area contributed by atoms with Crippen molar-refractivity contribution in [3.05, 3.63) is 12.2 Å². The molecule has 2 N–H and O–H groups in total. The van der Waals surface area contributed by atoms with Crippen LogP contribution in [0.2, 0.25) is 0 Å². The fourth-order valence-electron chi connectivity index (χ4n) is 6.71. The molecule has 4 heteroatoms. The van der Waals surface area contributed by atoms with E-state index >= 15 is 0 Å². The molecule has 0 aromatic carbocycles. The van der Waals surface area contributed by atoms with Crippen LogP contribution in [0.25, 0.3) is 0 Å². The van der Waals surface area contributed by atoms with E-state index in [1.165, 1.54) is 0 Å². The fourth-order valence-corrected chi connectivity index (χ4v) is 6.71. The number of carbonyl (C=O) groups is 1. The van der Waals surface area contributed by atoms with Crippen molar-refractivity contribution in [3.8, 4) is 0 Å². The van der Waals surface area contributed by atoms with Gasteiger partial charge in [-0.1, -0.05) is 19.9 Å². The summed E-state index contributed by atoms with van der Waals surface area (Å²) in [4.78, 5) is 11.8. The highest BCUT2D eigenvalue weighted by atomic mass is 19.2. The zero-order chi connectivity index (χ0) is 16.6. The Balaban J connectivity index is 1.74. The second-order valence-corrected chi connectivity index (χ2v) is 8.93. The molecule has 3 unspecified atom stereocenters. The molecule has 4 aliphatic carbocycles. The van der Waals surface area contributed by atoms with Crippen LogP contribution in [-0.2, 0) is 4.79 Å². The maximum absolute atomic E-state index is 14.7. The van der Waals surface area contributed by atoms with Gasteiger partial charge in [0.05, 0.1) is 6.10 Å². The lowest BCUT2D eigenvalue weighted by molar-refractivity contribution is -0.226. The van der Waals surface area contributed by atoms with Gasteiger partial charge in [0.2, 0.25) is 5.85 Å². The van der Waals surface area contributed by atoms with Crippen molar-refractivity contribution < 1.29 is 19.4 Å². The highest BCUT2D eigenvalue weighted by Crippen LogP contribution is 2.67. The fraction of sp³-hybridized carbons (Fsp3) is 0.842. The van der Waals surface area contributed by atoms with Gasteiger partial charge in [0.15, 0.2) is 5.78 Å². The Hall–Kier alpha value is -0.740. The molecule has 0 aromatic rings. The minimum absolute atomic E-state index is 0.0672. The van der Waals surface area contributed by atoms with Gasteiger partial charge in [0.1, 0.15) is 0 Å². The summed E-state index contributed by atoms with van der Waals surface area (Å²) >= 11 is 0. The van der Waals surface area contributed by atoms with Crippen LogP contribution in [0, 0.1) is 34.5 Å². The Kier molecular flexibility index (Phi) is 3.20. The number of hydrogen-bond acceptors (Lipinski definition) is 3. The highest BCUT2D eigenvalue weighted by molar-refractivity contribution is 5.91. The number of carbonyl (C=O) groups excluding carboxylic acids is 1. The van der Waals surface area contributed by atoms with E-state index in [-0.39, 0.29) is 41.3 Å². The van der Waals surface area contributed by atoms with E-state index in [2.05, 4.69) is 6.92 Å². The van der Waals surface area contributed by atoms with E-state index in [1.54, 1.807) is 6.08 Å². The molecule has 4 rings (SSSR count). The van der Waals surface area contributed by atoms with Crippen molar-refractivity contribution in [2.24, 2.45) is 34.5 Å². The zero-order valence-corrected chi connectivity index (χ0v) is 14.0. The van der Waals surface area contributed by atoms with Crippen LogP contribution in [0.5, 0.6) is 0 Å². The first-order valence-electron chi connectivity index (χ1n) is 9.00. The Morgan fingerprint density at radius 3 is 2.74 bits per heavy atom.